The van der Waals surface area contributed by atoms with Crippen molar-refractivity contribution >= 4 is 0 Å². The smallest absolute Gasteiger partial charge is 0.109 e. The molecule has 2 N–H and O–H groups in total. The van der Waals surface area contributed by atoms with E-state index in [9.17, 15) is 0 Å². The molecule has 16 heavy (non-hydrogen) atoms. The lowest BCUT2D eigenvalue weighted by molar-refractivity contribution is 0.175. The van der Waals surface area contributed by atoms with Gasteiger partial charge in [-0.15, -0.1) is 0 Å². The topological polar surface area (TPSA) is 35.2 Å². The molecule has 0 saturated heterocycles. The monoisotopic (exact) mass is 217 g/mol. The van der Waals surface area contributed by atoms with Gasteiger partial charge < -0.3 is 10.5 Å². The molecule has 1 aromatic rings. The van der Waals surface area contributed by atoms with E-state index in [2.05, 4.69) is 37.3 Å². The summed E-state index contributed by atoms with van der Waals surface area (Å²) in [6.45, 7) is 2.92. The number of benzene rings is 1. The average molecular weight is 217 g/mol. The zero-order valence-corrected chi connectivity index (χ0v) is 9.78. The van der Waals surface area contributed by atoms with Gasteiger partial charge >= 0.3 is 0 Å². The Bertz CT molecular complexity index is 384. The molecule has 0 bridgehead atoms. The molecule has 1 aliphatic rings. The van der Waals surface area contributed by atoms with E-state index in [0.29, 0.717) is 0 Å². The van der Waals surface area contributed by atoms with Gasteiger partial charge in [-0.05, 0) is 37.8 Å². The molecule has 86 valence electrons. The van der Waals surface area contributed by atoms with Crippen LogP contribution < -0.4 is 5.73 Å². The van der Waals surface area contributed by atoms with Gasteiger partial charge in [0.2, 0.25) is 0 Å². The van der Waals surface area contributed by atoms with E-state index in [-0.39, 0.29) is 6.04 Å². The summed E-state index contributed by atoms with van der Waals surface area (Å²) in [5.74, 6) is 0.966. The predicted molar refractivity (Wildman–Crippen MR) is 66.1 cm³/mol. The van der Waals surface area contributed by atoms with Crippen LogP contribution in [0.5, 0.6) is 0 Å². The first-order valence-corrected chi connectivity index (χ1v) is 5.89. The van der Waals surface area contributed by atoms with Crippen molar-refractivity contribution in [3.8, 4) is 0 Å². The summed E-state index contributed by atoms with van der Waals surface area (Å²) in [6.07, 6.45) is 5.19. The van der Waals surface area contributed by atoms with Crippen molar-refractivity contribution < 1.29 is 4.74 Å². The molecule has 1 aliphatic heterocycles. The fourth-order valence-corrected chi connectivity index (χ4v) is 2.03. The van der Waals surface area contributed by atoms with Crippen molar-refractivity contribution in [3.05, 3.63) is 47.2 Å². The molecule has 0 aliphatic carbocycles. The molecule has 2 heteroatoms. The second-order valence-corrected chi connectivity index (χ2v) is 4.40. The van der Waals surface area contributed by atoms with Crippen molar-refractivity contribution in [1.82, 2.24) is 0 Å². The Morgan fingerprint density at radius 3 is 3.00 bits per heavy atom. The minimum Gasteiger partial charge on any atom is -0.497 e. The Morgan fingerprint density at radius 2 is 2.31 bits per heavy atom. The Balaban J connectivity index is 2.01. The molecule has 1 unspecified atom stereocenters. The molecule has 0 amide bonds. The van der Waals surface area contributed by atoms with Crippen LogP contribution in [-0.2, 0) is 11.2 Å². The summed E-state index contributed by atoms with van der Waals surface area (Å²) in [5, 5.41) is 0. The molecule has 0 spiro atoms. The van der Waals surface area contributed by atoms with Gasteiger partial charge in [-0.2, -0.15) is 0 Å². The number of allylic oxidation sites excluding steroid dienone is 1. The van der Waals surface area contributed by atoms with Crippen molar-refractivity contribution in [3.63, 3.8) is 0 Å². The Hall–Kier alpha value is -1.28. The molecule has 0 aromatic heterocycles. The largest absolute Gasteiger partial charge is 0.497 e. The van der Waals surface area contributed by atoms with Crippen molar-refractivity contribution in [2.45, 2.75) is 32.2 Å². The summed E-state index contributed by atoms with van der Waals surface area (Å²) >= 11 is 0. The number of nitrogens with two attached hydrogens (primary N) is 1. The molecule has 1 aromatic carbocycles. The SMILES string of the molecule is Cc1cccc(CC(N)C2=CCCCO2)c1. The van der Waals surface area contributed by atoms with Gasteiger partial charge in [0.15, 0.2) is 0 Å². The number of aryl methyl sites for hydroxylation is 1. The maximum atomic E-state index is 6.14. The van der Waals surface area contributed by atoms with Crippen LogP contribution in [0.1, 0.15) is 24.0 Å². The zero-order chi connectivity index (χ0) is 11.4. The molecule has 1 atom stereocenters. The van der Waals surface area contributed by atoms with Gasteiger partial charge in [-0.3, -0.25) is 0 Å². The normalized spacial score (nSPS) is 17.5. The standard InChI is InChI=1S/C14H19NO/c1-11-5-4-6-12(9-11)10-13(15)14-7-2-3-8-16-14/h4-7,9,13H,2-3,8,10,15H2,1H3. The first kappa shape index (κ1) is 11.2. The quantitative estimate of drug-likeness (QED) is 0.844. The number of ether oxygens (including phenoxy) is 1. The van der Waals surface area contributed by atoms with E-state index in [0.717, 1.165) is 31.6 Å². The van der Waals surface area contributed by atoms with Crippen LogP contribution in [0.25, 0.3) is 0 Å². The summed E-state index contributed by atoms with van der Waals surface area (Å²) < 4.78 is 5.58. The second kappa shape index (κ2) is 5.17. The Labute approximate surface area is 97.1 Å². The van der Waals surface area contributed by atoms with E-state index in [1.54, 1.807) is 0 Å². The molecule has 1 heterocycles. The molecular weight excluding hydrogens is 198 g/mol. The van der Waals surface area contributed by atoms with E-state index in [1.807, 2.05) is 0 Å². The van der Waals surface area contributed by atoms with Crippen LogP contribution in [0.3, 0.4) is 0 Å². The minimum absolute atomic E-state index is 0.00194. The third-order valence-corrected chi connectivity index (χ3v) is 2.87. The highest BCUT2D eigenvalue weighted by Crippen LogP contribution is 2.16. The van der Waals surface area contributed by atoms with E-state index in [4.69, 9.17) is 10.5 Å². The first-order valence-electron chi connectivity index (χ1n) is 5.89. The lowest BCUT2D eigenvalue weighted by atomic mass is 10.0. The highest BCUT2D eigenvalue weighted by atomic mass is 16.5. The summed E-state index contributed by atoms with van der Waals surface area (Å²) in [4.78, 5) is 0. The average Bonchev–Trinajstić information content (AvgIpc) is 2.30. The van der Waals surface area contributed by atoms with Crippen LogP contribution in [0.2, 0.25) is 0 Å². The van der Waals surface area contributed by atoms with Crippen LogP contribution in [0.15, 0.2) is 36.1 Å². The summed E-state index contributed by atoms with van der Waals surface area (Å²) in [7, 11) is 0. The first-order chi connectivity index (χ1) is 7.75. The maximum Gasteiger partial charge on any atom is 0.109 e. The molecule has 2 nitrogen and oxygen atoms in total. The van der Waals surface area contributed by atoms with Gasteiger partial charge in [-0.25, -0.2) is 0 Å². The van der Waals surface area contributed by atoms with Crippen LogP contribution in [-0.4, -0.2) is 12.6 Å². The van der Waals surface area contributed by atoms with Crippen LogP contribution in [0, 0.1) is 6.92 Å². The van der Waals surface area contributed by atoms with E-state index in [1.165, 1.54) is 11.1 Å². The fraction of sp³-hybridized carbons (Fsp3) is 0.429. The molecule has 0 fully saturated rings. The number of rotatable bonds is 3. The predicted octanol–water partition coefficient (Wildman–Crippen LogP) is 2.56. The second-order valence-electron chi connectivity index (χ2n) is 4.40. The van der Waals surface area contributed by atoms with Crippen molar-refractivity contribution in [2.24, 2.45) is 5.73 Å². The van der Waals surface area contributed by atoms with E-state index >= 15 is 0 Å². The van der Waals surface area contributed by atoms with Gasteiger partial charge in [0.05, 0.1) is 12.6 Å². The third kappa shape index (κ3) is 2.86. The summed E-state index contributed by atoms with van der Waals surface area (Å²) in [6, 6.07) is 8.49. The molecule has 2 rings (SSSR count). The lowest BCUT2D eigenvalue weighted by Crippen LogP contribution is -2.28. The van der Waals surface area contributed by atoms with Gasteiger partial charge in [0.25, 0.3) is 0 Å². The Morgan fingerprint density at radius 1 is 1.44 bits per heavy atom. The van der Waals surface area contributed by atoms with E-state index < -0.39 is 0 Å². The highest BCUT2D eigenvalue weighted by Gasteiger charge is 2.13. The number of hydrogen-bond donors (Lipinski definition) is 1. The molecule has 0 saturated carbocycles. The van der Waals surface area contributed by atoms with Gasteiger partial charge in [-0.1, -0.05) is 29.8 Å². The Kier molecular flexibility index (Phi) is 3.62. The molecular formula is C14H19NO. The van der Waals surface area contributed by atoms with Crippen molar-refractivity contribution in [2.75, 3.05) is 6.61 Å². The van der Waals surface area contributed by atoms with Crippen LogP contribution >= 0.6 is 0 Å². The molecule has 0 radical (unpaired) electrons. The summed E-state index contributed by atoms with van der Waals surface area (Å²) in [5.41, 5.74) is 8.70. The highest BCUT2D eigenvalue weighted by molar-refractivity contribution is 5.24. The van der Waals surface area contributed by atoms with Crippen LogP contribution in [0.4, 0.5) is 0 Å². The fourth-order valence-electron chi connectivity index (χ4n) is 2.03. The number of hydrogen-bond acceptors (Lipinski definition) is 2. The maximum absolute atomic E-state index is 6.14. The third-order valence-electron chi connectivity index (χ3n) is 2.87. The van der Waals surface area contributed by atoms with Crippen molar-refractivity contribution in [1.29, 1.82) is 0 Å². The van der Waals surface area contributed by atoms with Gasteiger partial charge in [0.1, 0.15) is 5.76 Å². The lowest BCUT2D eigenvalue weighted by Gasteiger charge is -2.20. The minimum atomic E-state index is 0.00194. The van der Waals surface area contributed by atoms with Gasteiger partial charge in [0, 0.05) is 0 Å². The zero-order valence-electron chi connectivity index (χ0n) is 9.78.